The average molecular weight is 525 g/mol. The molecule has 2 saturated heterocycles. The second-order valence-corrected chi connectivity index (χ2v) is 11.3. The highest BCUT2D eigenvalue weighted by molar-refractivity contribution is 7.89. The van der Waals surface area contributed by atoms with Gasteiger partial charge >= 0.3 is 6.03 Å². The molecule has 2 amide bonds. The first-order chi connectivity index (χ1) is 16.6. The summed E-state index contributed by atoms with van der Waals surface area (Å²) in [6.45, 7) is 4.49. The molecule has 190 valence electrons. The zero-order valence-electron chi connectivity index (χ0n) is 19.6. The van der Waals surface area contributed by atoms with Gasteiger partial charge in [0.2, 0.25) is 10.0 Å². The van der Waals surface area contributed by atoms with E-state index in [4.69, 9.17) is 11.6 Å². The molecule has 0 radical (unpaired) electrons. The maximum Gasteiger partial charge on any atom is 0.323 e. The van der Waals surface area contributed by atoms with E-state index >= 15 is 0 Å². The highest BCUT2D eigenvalue weighted by Gasteiger charge is 2.48. The van der Waals surface area contributed by atoms with E-state index in [2.05, 4.69) is 22.9 Å². The number of carbonyl (C=O) groups is 1. The Morgan fingerprint density at radius 1 is 1.14 bits per heavy atom. The minimum absolute atomic E-state index is 0.119. The maximum absolute atomic E-state index is 13.8. The van der Waals surface area contributed by atoms with Crippen molar-refractivity contribution in [3.63, 3.8) is 0 Å². The lowest BCUT2D eigenvalue weighted by atomic mass is 10.00. The van der Waals surface area contributed by atoms with Crippen molar-refractivity contribution in [1.29, 1.82) is 0 Å². The van der Waals surface area contributed by atoms with Crippen molar-refractivity contribution in [2.75, 3.05) is 17.2 Å². The summed E-state index contributed by atoms with van der Waals surface area (Å²) in [5.74, 6) is -1.11. The molecular formula is C24H30ClFN4O4S. The third-order valence-electron chi connectivity index (χ3n) is 6.73. The minimum Gasteiger partial charge on any atom is -0.504 e. The Labute approximate surface area is 209 Å². The second kappa shape index (κ2) is 10.3. The number of carbonyl (C=O) groups excluding carboxylic acids is 1. The maximum atomic E-state index is 13.8. The van der Waals surface area contributed by atoms with Crippen molar-refractivity contribution >= 4 is 39.0 Å². The van der Waals surface area contributed by atoms with Crippen LogP contribution in [0.2, 0.25) is 5.02 Å². The van der Waals surface area contributed by atoms with Crippen LogP contribution in [-0.2, 0) is 10.0 Å². The molecule has 2 heterocycles. The summed E-state index contributed by atoms with van der Waals surface area (Å²) in [7, 11) is -4.13. The average Bonchev–Trinajstić information content (AvgIpc) is 3.09. The Balaban J connectivity index is 1.57. The molecule has 0 aromatic heterocycles. The Morgan fingerprint density at radius 2 is 1.80 bits per heavy atom. The highest BCUT2D eigenvalue weighted by atomic mass is 35.5. The van der Waals surface area contributed by atoms with Crippen LogP contribution >= 0.6 is 11.6 Å². The summed E-state index contributed by atoms with van der Waals surface area (Å²) < 4.78 is 42.7. The quantitative estimate of drug-likeness (QED) is 0.388. The molecule has 2 atom stereocenters. The van der Waals surface area contributed by atoms with Gasteiger partial charge in [0.1, 0.15) is 10.7 Å². The molecule has 0 saturated carbocycles. The molecule has 2 bridgehead atoms. The lowest BCUT2D eigenvalue weighted by molar-refractivity contribution is 0.207. The van der Waals surface area contributed by atoms with Crippen molar-refractivity contribution in [3.8, 4) is 5.75 Å². The first-order valence-electron chi connectivity index (χ1n) is 11.7. The largest absolute Gasteiger partial charge is 0.504 e. The topological polar surface area (TPSA) is 111 Å². The predicted molar refractivity (Wildman–Crippen MR) is 134 cm³/mol. The fourth-order valence-corrected chi connectivity index (χ4v) is 7.55. The van der Waals surface area contributed by atoms with Gasteiger partial charge in [0.15, 0.2) is 5.75 Å². The molecule has 11 heteroatoms. The van der Waals surface area contributed by atoms with Crippen molar-refractivity contribution in [2.24, 2.45) is 0 Å². The molecule has 4 N–H and O–H groups in total. The van der Waals surface area contributed by atoms with Crippen LogP contribution in [0.5, 0.6) is 5.75 Å². The molecule has 0 spiro atoms. The Hall–Kier alpha value is -2.40. The lowest BCUT2D eigenvalue weighted by Gasteiger charge is -2.38. The number of rotatable bonds is 7. The molecule has 2 aliphatic heterocycles. The Morgan fingerprint density at radius 3 is 2.46 bits per heavy atom. The number of sulfonamides is 1. The third kappa shape index (κ3) is 5.11. The highest BCUT2D eigenvalue weighted by Crippen LogP contribution is 2.45. The minimum atomic E-state index is -4.13. The number of phenols is 1. The molecule has 8 nitrogen and oxygen atoms in total. The van der Waals surface area contributed by atoms with Gasteiger partial charge in [-0.05, 0) is 69.8 Å². The fourth-order valence-electron chi connectivity index (χ4n) is 5.06. The molecule has 4 rings (SSSR count). The van der Waals surface area contributed by atoms with E-state index in [0.717, 1.165) is 25.8 Å². The van der Waals surface area contributed by atoms with Crippen LogP contribution in [0.25, 0.3) is 0 Å². The van der Waals surface area contributed by atoms with E-state index in [-0.39, 0.29) is 40.1 Å². The van der Waals surface area contributed by atoms with Crippen LogP contribution in [0.3, 0.4) is 0 Å². The first-order valence-corrected chi connectivity index (χ1v) is 13.6. The monoisotopic (exact) mass is 524 g/mol. The number of benzene rings is 2. The molecule has 2 aromatic carbocycles. The second-order valence-electron chi connectivity index (χ2n) is 9.11. The number of piperidine rings is 1. The van der Waals surface area contributed by atoms with Gasteiger partial charge < -0.3 is 21.1 Å². The van der Waals surface area contributed by atoms with Crippen LogP contribution in [0, 0.1) is 12.7 Å². The van der Waals surface area contributed by atoms with Gasteiger partial charge in [0.25, 0.3) is 0 Å². The van der Waals surface area contributed by atoms with E-state index < -0.39 is 32.5 Å². The standard InChI is InChI=1S/C24H30ClFN4O4S/c1-3-11-27-15-12-16-7-8-17(13-15)30(16)35(33,34)23-18(25)9-10-21(22(23)31)29-24(32)28-20-6-4-5-19(26)14(20)2/h4-6,9-10,15-17,27,31H,3,7-8,11-13H2,1-2H3,(H2,28,29,32)/t16-,17-/m0/s1. The number of aromatic hydroxyl groups is 1. The number of amides is 2. The van der Waals surface area contributed by atoms with Gasteiger partial charge in [0.05, 0.1) is 10.7 Å². The first kappa shape index (κ1) is 25.7. The molecule has 35 heavy (non-hydrogen) atoms. The molecule has 2 fully saturated rings. The van der Waals surface area contributed by atoms with Crippen molar-refractivity contribution < 1.29 is 22.7 Å². The van der Waals surface area contributed by atoms with Crippen molar-refractivity contribution in [2.45, 2.75) is 69.0 Å². The Bertz CT molecular complexity index is 1210. The smallest absolute Gasteiger partial charge is 0.323 e. The molecule has 0 unspecified atom stereocenters. The Kier molecular flexibility index (Phi) is 7.56. The van der Waals surface area contributed by atoms with E-state index in [0.29, 0.717) is 12.8 Å². The molecule has 0 aliphatic carbocycles. The van der Waals surface area contributed by atoms with E-state index in [1.165, 1.54) is 41.6 Å². The zero-order valence-corrected chi connectivity index (χ0v) is 21.2. The van der Waals surface area contributed by atoms with Crippen LogP contribution in [0.1, 0.15) is 44.6 Å². The number of hydrogen-bond donors (Lipinski definition) is 4. The normalized spacial score (nSPS) is 22.2. The van der Waals surface area contributed by atoms with Crippen molar-refractivity contribution in [1.82, 2.24) is 9.62 Å². The number of urea groups is 1. The summed E-state index contributed by atoms with van der Waals surface area (Å²) in [4.78, 5) is 12.1. The summed E-state index contributed by atoms with van der Waals surface area (Å²) in [6.07, 6.45) is 3.90. The summed E-state index contributed by atoms with van der Waals surface area (Å²) in [5, 5.41) is 19.2. The SMILES string of the molecule is CCCNC1C[C@@H]2CC[C@@H](C1)N2S(=O)(=O)c1c(Cl)ccc(NC(=O)Nc2cccc(F)c2C)c1O. The molecule has 2 aromatic rings. The lowest BCUT2D eigenvalue weighted by Crippen LogP contribution is -2.51. The van der Waals surface area contributed by atoms with Gasteiger partial charge in [0, 0.05) is 29.4 Å². The number of fused-ring (bicyclic) bond motifs is 2. The van der Waals surface area contributed by atoms with Crippen LogP contribution in [0.15, 0.2) is 35.2 Å². The third-order valence-corrected chi connectivity index (χ3v) is 9.24. The fraction of sp³-hybridized carbons (Fsp3) is 0.458. The van der Waals surface area contributed by atoms with Crippen LogP contribution in [0.4, 0.5) is 20.6 Å². The van der Waals surface area contributed by atoms with Crippen LogP contribution in [-0.4, -0.2) is 48.5 Å². The number of nitrogens with zero attached hydrogens (tertiary/aromatic N) is 1. The predicted octanol–water partition coefficient (Wildman–Crippen LogP) is 4.82. The van der Waals surface area contributed by atoms with E-state index in [1.54, 1.807) is 0 Å². The number of phenolic OH excluding ortho intramolecular Hbond substituents is 1. The van der Waals surface area contributed by atoms with Crippen molar-refractivity contribution in [3.05, 3.63) is 46.7 Å². The molecule has 2 aliphatic rings. The van der Waals surface area contributed by atoms with E-state index in [9.17, 15) is 22.7 Å². The summed E-state index contributed by atoms with van der Waals surface area (Å²) >= 11 is 6.27. The van der Waals surface area contributed by atoms with Crippen LogP contribution < -0.4 is 16.0 Å². The number of halogens is 2. The van der Waals surface area contributed by atoms with Gasteiger partial charge in [-0.1, -0.05) is 24.6 Å². The number of anilines is 2. The van der Waals surface area contributed by atoms with Gasteiger partial charge in [-0.3, -0.25) is 0 Å². The number of hydrogen-bond acceptors (Lipinski definition) is 5. The van der Waals surface area contributed by atoms with Gasteiger partial charge in [-0.25, -0.2) is 17.6 Å². The zero-order chi connectivity index (χ0) is 25.3. The molecular weight excluding hydrogens is 495 g/mol. The van der Waals surface area contributed by atoms with Gasteiger partial charge in [-0.2, -0.15) is 4.31 Å². The summed E-state index contributed by atoms with van der Waals surface area (Å²) in [6, 6.07) is 6.05. The summed E-state index contributed by atoms with van der Waals surface area (Å²) in [5.41, 5.74) is 0.379. The number of nitrogens with one attached hydrogen (secondary N) is 3. The van der Waals surface area contributed by atoms with E-state index in [1.807, 2.05) is 0 Å². The van der Waals surface area contributed by atoms with Gasteiger partial charge in [-0.15, -0.1) is 0 Å².